The number of hydrogen-bond acceptors (Lipinski definition) is 4. The molecule has 3 aromatic rings. The maximum absolute atomic E-state index is 13.1. The summed E-state index contributed by atoms with van der Waals surface area (Å²) in [5.74, 6) is -1.48. The minimum absolute atomic E-state index is 0.0957. The van der Waals surface area contributed by atoms with E-state index in [1.807, 2.05) is 32.0 Å². The average Bonchev–Trinajstić information content (AvgIpc) is 3.20. The first-order chi connectivity index (χ1) is 15.8. The SMILES string of the molecule is Cc1ccc(CONC(=O)c2c(C(=O)c3cccc(C(F)(F)F)c3)cnn2C(C)(C)C)c(C)c1. The molecule has 1 amide bonds. The highest BCUT2D eigenvalue weighted by atomic mass is 19.4. The van der Waals surface area contributed by atoms with Gasteiger partial charge in [-0.1, -0.05) is 35.9 Å². The quantitative estimate of drug-likeness (QED) is 0.386. The molecular formula is C25H26F3N3O3. The molecule has 1 N–H and O–H groups in total. The summed E-state index contributed by atoms with van der Waals surface area (Å²) in [5.41, 5.74) is 3.23. The number of carbonyl (C=O) groups is 2. The van der Waals surface area contributed by atoms with E-state index in [9.17, 15) is 22.8 Å². The molecule has 0 unspecified atom stereocenters. The average molecular weight is 473 g/mol. The third-order valence-corrected chi connectivity index (χ3v) is 5.21. The van der Waals surface area contributed by atoms with Crippen LogP contribution in [-0.2, 0) is 23.2 Å². The molecule has 0 saturated heterocycles. The second-order valence-corrected chi connectivity index (χ2v) is 9.05. The fraction of sp³-hybridized carbons (Fsp3) is 0.320. The van der Waals surface area contributed by atoms with E-state index in [-0.39, 0.29) is 23.4 Å². The van der Waals surface area contributed by atoms with Crippen molar-refractivity contribution in [3.8, 4) is 0 Å². The van der Waals surface area contributed by atoms with Crippen LogP contribution in [0.3, 0.4) is 0 Å². The second-order valence-electron chi connectivity index (χ2n) is 9.05. The van der Waals surface area contributed by atoms with Crippen LogP contribution in [-0.4, -0.2) is 21.5 Å². The van der Waals surface area contributed by atoms with Crippen molar-refractivity contribution in [3.63, 3.8) is 0 Å². The Morgan fingerprint density at radius 2 is 1.76 bits per heavy atom. The van der Waals surface area contributed by atoms with Gasteiger partial charge in [0.2, 0.25) is 0 Å². The Labute approximate surface area is 195 Å². The fourth-order valence-corrected chi connectivity index (χ4v) is 3.47. The summed E-state index contributed by atoms with van der Waals surface area (Å²) in [6.07, 6.45) is -3.42. The molecule has 1 aromatic heterocycles. The summed E-state index contributed by atoms with van der Waals surface area (Å²) in [5, 5.41) is 4.17. The fourth-order valence-electron chi connectivity index (χ4n) is 3.47. The van der Waals surface area contributed by atoms with Crippen molar-refractivity contribution in [1.29, 1.82) is 0 Å². The van der Waals surface area contributed by atoms with Crippen LogP contribution in [0.4, 0.5) is 13.2 Å². The Bertz CT molecular complexity index is 1220. The van der Waals surface area contributed by atoms with Gasteiger partial charge in [0.25, 0.3) is 5.91 Å². The maximum atomic E-state index is 13.1. The molecule has 3 rings (SSSR count). The van der Waals surface area contributed by atoms with Gasteiger partial charge in [-0.05, 0) is 57.9 Å². The lowest BCUT2D eigenvalue weighted by atomic mass is 10.0. The summed E-state index contributed by atoms with van der Waals surface area (Å²) >= 11 is 0. The van der Waals surface area contributed by atoms with Crippen molar-refractivity contribution in [2.75, 3.05) is 0 Å². The van der Waals surface area contributed by atoms with Crippen molar-refractivity contribution in [2.45, 2.75) is 52.9 Å². The van der Waals surface area contributed by atoms with Crippen molar-refractivity contribution in [1.82, 2.24) is 15.3 Å². The third-order valence-electron chi connectivity index (χ3n) is 5.21. The molecule has 0 aliphatic rings. The van der Waals surface area contributed by atoms with Crippen molar-refractivity contribution in [2.24, 2.45) is 0 Å². The molecule has 0 radical (unpaired) electrons. The molecule has 9 heteroatoms. The van der Waals surface area contributed by atoms with E-state index in [1.54, 1.807) is 20.8 Å². The van der Waals surface area contributed by atoms with Crippen molar-refractivity contribution < 1.29 is 27.6 Å². The van der Waals surface area contributed by atoms with Gasteiger partial charge in [-0.25, -0.2) is 5.48 Å². The highest BCUT2D eigenvalue weighted by molar-refractivity contribution is 6.14. The van der Waals surface area contributed by atoms with Gasteiger partial charge in [0.05, 0.1) is 22.9 Å². The largest absolute Gasteiger partial charge is 0.416 e. The lowest BCUT2D eigenvalue weighted by molar-refractivity contribution is -0.137. The number of aromatic nitrogens is 2. The first-order valence-corrected chi connectivity index (χ1v) is 10.6. The lowest BCUT2D eigenvalue weighted by Crippen LogP contribution is -2.33. The van der Waals surface area contributed by atoms with Crippen LogP contribution in [0.5, 0.6) is 0 Å². The topological polar surface area (TPSA) is 73.2 Å². The molecule has 0 spiro atoms. The maximum Gasteiger partial charge on any atom is 0.416 e. The number of nitrogens with one attached hydrogen (secondary N) is 1. The normalized spacial score (nSPS) is 12.0. The zero-order valence-corrected chi connectivity index (χ0v) is 19.6. The van der Waals surface area contributed by atoms with Gasteiger partial charge >= 0.3 is 6.18 Å². The van der Waals surface area contributed by atoms with E-state index >= 15 is 0 Å². The second kappa shape index (κ2) is 9.42. The molecule has 1 heterocycles. The van der Waals surface area contributed by atoms with E-state index in [2.05, 4.69) is 10.6 Å². The van der Waals surface area contributed by atoms with Gasteiger partial charge in [-0.15, -0.1) is 0 Å². The number of ketones is 1. The van der Waals surface area contributed by atoms with Gasteiger partial charge in [0.1, 0.15) is 12.3 Å². The first-order valence-electron chi connectivity index (χ1n) is 10.6. The Morgan fingerprint density at radius 1 is 1.06 bits per heavy atom. The third kappa shape index (κ3) is 5.53. The van der Waals surface area contributed by atoms with Crippen LogP contribution in [0, 0.1) is 13.8 Å². The predicted octanol–water partition coefficient (Wildman–Crippen LogP) is 5.37. The van der Waals surface area contributed by atoms with Crippen LogP contribution in [0.2, 0.25) is 0 Å². The highest BCUT2D eigenvalue weighted by Gasteiger charge is 2.33. The minimum Gasteiger partial charge on any atom is -0.288 e. The number of halogens is 3. The van der Waals surface area contributed by atoms with Gasteiger partial charge in [-0.3, -0.25) is 19.1 Å². The summed E-state index contributed by atoms with van der Waals surface area (Å²) < 4.78 is 40.7. The number of alkyl halides is 3. The van der Waals surface area contributed by atoms with Crippen molar-refractivity contribution in [3.05, 3.63) is 87.7 Å². The molecule has 0 fully saturated rings. The summed E-state index contributed by atoms with van der Waals surface area (Å²) in [6, 6.07) is 9.86. The summed E-state index contributed by atoms with van der Waals surface area (Å²) in [6.45, 7) is 9.34. The van der Waals surface area contributed by atoms with Gasteiger partial charge < -0.3 is 0 Å². The molecular weight excluding hydrogens is 447 g/mol. The van der Waals surface area contributed by atoms with E-state index in [4.69, 9.17) is 4.84 Å². The number of nitrogens with zero attached hydrogens (tertiary/aromatic N) is 2. The Hall–Kier alpha value is -3.46. The number of benzene rings is 2. The van der Waals surface area contributed by atoms with E-state index in [0.29, 0.717) is 0 Å². The highest BCUT2D eigenvalue weighted by Crippen LogP contribution is 2.30. The van der Waals surface area contributed by atoms with Crippen LogP contribution in [0.25, 0.3) is 0 Å². The Kier molecular flexibility index (Phi) is 6.97. The van der Waals surface area contributed by atoms with E-state index < -0.39 is 29.0 Å². The van der Waals surface area contributed by atoms with Gasteiger partial charge in [-0.2, -0.15) is 18.3 Å². The molecule has 180 valence electrons. The van der Waals surface area contributed by atoms with Crippen LogP contribution < -0.4 is 5.48 Å². The molecule has 0 aliphatic carbocycles. The molecule has 34 heavy (non-hydrogen) atoms. The standard InChI is InChI=1S/C25H26F3N3O3/c1-15-9-10-18(16(2)11-15)14-34-30-23(33)21-20(13-29-31(21)24(3,4)5)22(32)17-7-6-8-19(12-17)25(26,27)28/h6-13H,14H2,1-5H3,(H,30,33). The smallest absolute Gasteiger partial charge is 0.288 e. The monoisotopic (exact) mass is 473 g/mol. The summed E-state index contributed by atoms with van der Waals surface area (Å²) in [4.78, 5) is 31.6. The van der Waals surface area contributed by atoms with Gasteiger partial charge in [0, 0.05) is 5.56 Å². The van der Waals surface area contributed by atoms with E-state index in [0.717, 1.165) is 34.9 Å². The minimum atomic E-state index is -4.60. The Balaban J connectivity index is 1.90. The molecule has 0 aliphatic heterocycles. The molecule has 0 saturated carbocycles. The molecule has 6 nitrogen and oxygen atoms in total. The first kappa shape index (κ1) is 25.2. The lowest BCUT2D eigenvalue weighted by Gasteiger charge is -2.22. The van der Waals surface area contributed by atoms with E-state index in [1.165, 1.54) is 16.9 Å². The molecule has 0 atom stereocenters. The van der Waals surface area contributed by atoms with Crippen molar-refractivity contribution >= 4 is 11.7 Å². The zero-order chi connectivity index (χ0) is 25.3. The number of hydrogen-bond donors (Lipinski definition) is 1. The number of carbonyl (C=O) groups excluding carboxylic acids is 2. The predicted molar refractivity (Wildman–Crippen MR) is 120 cm³/mol. The number of rotatable bonds is 6. The number of hydroxylamine groups is 1. The van der Waals surface area contributed by atoms with Crippen LogP contribution >= 0.6 is 0 Å². The number of amides is 1. The number of aryl methyl sites for hydroxylation is 2. The zero-order valence-electron chi connectivity index (χ0n) is 19.6. The van der Waals surface area contributed by atoms with Crippen LogP contribution in [0.1, 0.15) is 69.4 Å². The molecule has 2 aromatic carbocycles. The summed E-state index contributed by atoms with van der Waals surface area (Å²) in [7, 11) is 0. The Morgan fingerprint density at radius 3 is 2.38 bits per heavy atom. The van der Waals surface area contributed by atoms with Gasteiger partial charge in [0.15, 0.2) is 5.78 Å². The molecule has 0 bridgehead atoms. The van der Waals surface area contributed by atoms with Crippen LogP contribution in [0.15, 0.2) is 48.7 Å².